The number of ether oxygens (including phenoxy) is 1. The van der Waals surface area contributed by atoms with Crippen molar-refractivity contribution >= 4 is 5.69 Å². The van der Waals surface area contributed by atoms with Crippen molar-refractivity contribution < 1.29 is 9.13 Å². The Morgan fingerprint density at radius 1 is 1.40 bits per heavy atom. The van der Waals surface area contributed by atoms with Gasteiger partial charge in [-0.25, -0.2) is 4.39 Å². The molecule has 3 nitrogen and oxygen atoms in total. The smallest absolute Gasteiger partial charge is 0.146 e. The van der Waals surface area contributed by atoms with Crippen molar-refractivity contribution in [3.8, 4) is 0 Å². The second-order valence-electron chi connectivity index (χ2n) is 6.30. The van der Waals surface area contributed by atoms with E-state index in [1.165, 1.54) is 0 Å². The molecule has 112 valence electrons. The van der Waals surface area contributed by atoms with E-state index in [2.05, 4.69) is 37.9 Å². The van der Waals surface area contributed by atoms with Crippen LogP contribution in [0.5, 0.6) is 0 Å². The van der Waals surface area contributed by atoms with Crippen molar-refractivity contribution in [1.29, 1.82) is 0 Å². The van der Waals surface area contributed by atoms with Crippen LogP contribution in [0.1, 0.15) is 33.3 Å². The van der Waals surface area contributed by atoms with Gasteiger partial charge in [0.25, 0.3) is 0 Å². The maximum atomic E-state index is 14.4. The number of nitrogens with one attached hydrogen (secondary N) is 1. The minimum atomic E-state index is -0.187. The number of para-hydroxylation sites is 1. The lowest BCUT2D eigenvalue weighted by atomic mass is 9.99. The molecule has 4 heteroatoms. The number of anilines is 1. The zero-order valence-electron chi connectivity index (χ0n) is 12.9. The highest BCUT2D eigenvalue weighted by Crippen LogP contribution is 2.32. The van der Waals surface area contributed by atoms with Gasteiger partial charge in [0.05, 0.1) is 24.4 Å². The molecule has 1 fully saturated rings. The molecule has 20 heavy (non-hydrogen) atoms. The van der Waals surface area contributed by atoms with Gasteiger partial charge in [-0.3, -0.25) is 0 Å². The summed E-state index contributed by atoms with van der Waals surface area (Å²) >= 11 is 0. The molecule has 1 aromatic rings. The van der Waals surface area contributed by atoms with Gasteiger partial charge in [0, 0.05) is 19.1 Å². The van der Waals surface area contributed by atoms with E-state index in [4.69, 9.17) is 4.74 Å². The minimum Gasteiger partial charge on any atom is -0.377 e. The van der Waals surface area contributed by atoms with E-state index in [0.717, 1.165) is 12.1 Å². The molecule has 1 aromatic carbocycles. The largest absolute Gasteiger partial charge is 0.377 e. The van der Waals surface area contributed by atoms with E-state index in [1.54, 1.807) is 12.1 Å². The molecule has 0 aliphatic carbocycles. The predicted octanol–water partition coefficient (Wildman–Crippen LogP) is 2.94. The average Bonchev–Trinajstić information content (AvgIpc) is 2.37. The van der Waals surface area contributed by atoms with Crippen LogP contribution in [-0.2, 0) is 11.3 Å². The van der Waals surface area contributed by atoms with E-state index >= 15 is 0 Å². The summed E-state index contributed by atoms with van der Waals surface area (Å²) in [6.45, 7) is 11.1. The fourth-order valence-electron chi connectivity index (χ4n) is 2.59. The van der Waals surface area contributed by atoms with Crippen LogP contribution >= 0.6 is 0 Å². The summed E-state index contributed by atoms with van der Waals surface area (Å²) in [6, 6.07) is 5.70. The topological polar surface area (TPSA) is 24.5 Å². The molecule has 1 heterocycles. The molecular weight excluding hydrogens is 255 g/mol. The third-order valence-electron chi connectivity index (χ3n) is 3.69. The fraction of sp³-hybridized carbons (Fsp3) is 0.625. The summed E-state index contributed by atoms with van der Waals surface area (Å²) < 4.78 is 19.9. The van der Waals surface area contributed by atoms with Gasteiger partial charge in [-0.15, -0.1) is 0 Å². The highest BCUT2D eigenvalue weighted by atomic mass is 19.1. The van der Waals surface area contributed by atoms with Crippen molar-refractivity contribution in [2.75, 3.05) is 24.7 Å². The molecule has 2 rings (SSSR count). The summed E-state index contributed by atoms with van der Waals surface area (Å²) in [4.78, 5) is 2.14. The number of halogens is 1. The molecule has 0 amide bonds. The molecule has 0 saturated carbocycles. The van der Waals surface area contributed by atoms with Crippen molar-refractivity contribution in [2.24, 2.45) is 0 Å². The summed E-state index contributed by atoms with van der Waals surface area (Å²) in [6.07, 6.45) is 0. The first-order valence-corrected chi connectivity index (χ1v) is 7.28. The quantitative estimate of drug-likeness (QED) is 0.917. The number of morpholine rings is 1. The molecule has 0 bridgehead atoms. The number of hydrogen-bond acceptors (Lipinski definition) is 3. The third-order valence-corrected chi connectivity index (χ3v) is 3.69. The number of rotatable bonds is 4. The van der Waals surface area contributed by atoms with Crippen LogP contribution < -0.4 is 10.2 Å². The maximum absolute atomic E-state index is 14.4. The van der Waals surface area contributed by atoms with Crippen molar-refractivity contribution in [1.82, 2.24) is 5.32 Å². The SMILES string of the molecule is CC(C)NCc1cccc(F)c1N1CCOCC1(C)C. The minimum absolute atomic E-state index is 0.150. The first-order valence-electron chi connectivity index (χ1n) is 7.28. The van der Waals surface area contributed by atoms with Crippen LogP contribution in [0.4, 0.5) is 10.1 Å². The average molecular weight is 280 g/mol. The first-order chi connectivity index (χ1) is 9.42. The van der Waals surface area contributed by atoms with E-state index in [-0.39, 0.29) is 11.4 Å². The van der Waals surface area contributed by atoms with E-state index < -0.39 is 0 Å². The maximum Gasteiger partial charge on any atom is 0.146 e. The molecule has 0 unspecified atom stereocenters. The number of hydrogen-bond donors (Lipinski definition) is 1. The van der Waals surface area contributed by atoms with Crippen LogP contribution in [0.25, 0.3) is 0 Å². The summed E-state index contributed by atoms with van der Waals surface area (Å²) in [5, 5.41) is 3.37. The van der Waals surface area contributed by atoms with E-state index in [0.29, 0.717) is 31.5 Å². The zero-order chi connectivity index (χ0) is 14.8. The standard InChI is InChI=1S/C16H25FN2O/c1-12(2)18-10-13-6-5-7-14(17)15(13)19-8-9-20-11-16(19,3)4/h5-7,12,18H,8-11H2,1-4H3. The van der Waals surface area contributed by atoms with Gasteiger partial charge in [0.15, 0.2) is 0 Å². The summed E-state index contributed by atoms with van der Waals surface area (Å²) in [7, 11) is 0. The van der Waals surface area contributed by atoms with Gasteiger partial charge >= 0.3 is 0 Å². The Kier molecular flexibility index (Phi) is 4.66. The Morgan fingerprint density at radius 3 is 2.80 bits per heavy atom. The van der Waals surface area contributed by atoms with Crippen LogP contribution in [-0.4, -0.2) is 31.3 Å². The molecule has 1 N–H and O–H groups in total. The van der Waals surface area contributed by atoms with Crippen molar-refractivity contribution in [2.45, 2.75) is 45.8 Å². The molecule has 0 spiro atoms. The van der Waals surface area contributed by atoms with Crippen LogP contribution in [0, 0.1) is 5.82 Å². The van der Waals surface area contributed by atoms with Crippen molar-refractivity contribution in [3.63, 3.8) is 0 Å². The number of nitrogens with zero attached hydrogens (tertiary/aromatic N) is 1. The molecule has 1 aliphatic heterocycles. The Hall–Kier alpha value is -1.13. The van der Waals surface area contributed by atoms with Gasteiger partial charge in [-0.1, -0.05) is 26.0 Å². The van der Waals surface area contributed by atoms with E-state index in [1.807, 2.05) is 6.07 Å². The molecule has 0 radical (unpaired) electrons. The Bertz CT molecular complexity index is 460. The fourth-order valence-corrected chi connectivity index (χ4v) is 2.59. The normalized spacial score (nSPS) is 18.6. The second kappa shape index (κ2) is 6.10. The Labute approximate surface area is 121 Å². The monoisotopic (exact) mass is 280 g/mol. The lowest BCUT2D eigenvalue weighted by Gasteiger charge is -2.44. The van der Waals surface area contributed by atoms with Gasteiger partial charge in [0.1, 0.15) is 5.82 Å². The molecule has 1 aliphatic rings. The highest BCUT2D eigenvalue weighted by Gasteiger charge is 2.33. The summed E-state index contributed by atoms with van der Waals surface area (Å²) in [5.74, 6) is -0.150. The van der Waals surface area contributed by atoms with Crippen LogP contribution in [0.2, 0.25) is 0 Å². The van der Waals surface area contributed by atoms with Gasteiger partial charge in [-0.05, 0) is 25.5 Å². The van der Waals surface area contributed by atoms with Gasteiger partial charge in [-0.2, -0.15) is 0 Å². The van der Waals surface area contributed by atoms with Crippen molar-refractivity contribution in [3.05, 3.63) is 29.6 Å². The molecule has 0 atom stereocenters. The summed E-state index contributed by atoms with van der Waals surface area (Å²) in [5.41, 5.74) is 1.54. The molecular formula is C16H25FN2O. The van der Waals surface area contributed by atoms with Gasteiger partial charge < -0.3 is 15.0 Å². The Balaban J connectivity index is 2.33. The lowest BCUT2D eigenvalue weighted by Crippen LogP contribution is -2.54. The second-order valence-corrected chi connectivity index (χ2v) is 6.30. The molecule has 0 aromatic heterocycles. The first kappa shape index (κ1) is 15.3. The third kappa shape index (κ3) is 3.30. The van der Waals surface area contributed by atoms with Crippen LogP contribution in [0.15, 0.2) is 18.2 Å². The lowest BCUT2D eigenvalue weighted by molar-refractivity contribution is 0.0638. The van der Waals surface area contributed by atoms with E-state index in [9.17, 15) is 4.39 Å². The zero-order valence-corrected chi connectivity index (χ0v) is 12.9. The predicted molar refractivity (Wildman–Crippen MR) is 80.6 cm³/mol. The van der Waals surface area contributed by atoms with Gasteiger partial charge in [0.2, 0.25) is 0 Å². The Morgan fingerprint density at radius 2 is 2.15 bits per heavy atom. The molecule has 1 saturated heterocycles. The number of benzene rings is 1. The highest BCUT2D eigenvalue weighted by molar-refractivity contribution is 5.57. The van der Waals surface area contributed by atoms with Crippen LogP contribution in [0.3, 0.4) is 0 Å².